The highest BCUT2D eigenvalue weighted by Gasteiger charge is 2.13. The molecule has 0 saturated heterocycles. The summed E-state index contributed by atoms with van der Waals surface area (Å²) in [5.74, 6) is -1.60. The fourth-order valence-electron chi connectivity index (χ4n) is 2.00. The van der Waals surface area contributed by atoms with Crippen molar-refractivity contribution in [2.24, 2.45) is 7.05 Å². The summed E-state index contributed by atoms with van der Waals surface area (Å²) in [6, 6.07) is 4.23. The highest BCUT2D eigenvalue weighted by atomic mass is 19.2. The zero-order valence-corrected chi connectivity index (χ0v) is 11.2. The van der Waals surface area contributed by atoms with Crippen molar-refractivity contribution in [2.45, 2.75) is 26.4 Å². The van der Waals surface area contributed by atoms with E-state index in [1.165, 1.54) is 6.07 Å². The molecule has 5 heteroatoms. The minimum absolute atomic E-state index is 0.0244. The van der Waals surface area contributed by atoms with Crippen LogP contribution in [0.25, 0.3) is 0 Å². The smallest absolute Gasteiger partial charge is 0.163 e. The molecule has 1 unspecified atom stereocenters. The molecule has 2 rings (SSSR count). The molecule has 1 aromatic heterocycles. The third kappa shape index (κ3) is 2.81. The van der Waals surface area contributed by atoms with Crippen LogP contribution in [0.15, 0.2) is 24.4 Å². The van der Waals surface area contributed by atoms with Crippen LogP contribution in [0.5, 0.6) is 0 Å². The van der Waals surface area contributed by atoms with E-state index in [2.05, 4.69) is 10.4 Å². The van der Waals surface area contributed by atoms with Gasteiger partial charge in [-0.05, 0) is 19.9 Å². The normalized spacial score (nSPS) is 12.7. The van der Waals surface area contributed by atoms with Crippen molar-refractivity contribution in [1.82, 2.24) is 15.1 Å². The van der Waals surface area contributed by atoms with Crippen LogP contribution in [-0.2, 0) is 13.6 Å². The van der Waals surface area contributed by atoms with Crippen molar-refractivity contribution < 1.29 is 8.78 Å². The van der Waals surface area contributed by atoms with Crippen LogP contribution in [0.2, 0.25) is 0 Å². The van der Waals surface area contributed by atoms with Gasteiger partial charge in [0.15, 0.2) is 11.6 Å². The molecular weight excluding hydrogens is 248 g/mol. The monoisotopic (exact) mass is 265 g/mol. The molecule has 1 heterocycles. The standard InChI is InChI=1S/C14H17F2N3/c1-9(12-8-18-19(3)10(12)2)17-7-11-5-4-6-13(15)14(11)16/h4-6,8-9,17H,7H2,1-3H3. The number of nitrogens with zero attached hydrogens (tertiary/aromatic N) is 2. The van der Waals surface area contributed by atoms with Crippen molar-refractivity contribution in [3.8, 4) is 0 Å². The molecule has 1 N–H and O–H groups in total. The van der Waals surface area contributed by atoms with Gasteiger partial charge in [-0.1, -0.05) is 12.1 Å². The predicted octanol–water partition coefficient (Wildman–Crippen LogP) is 2.86. The molecule has 19 heavy (non-hydrogen) atoms. The molecule has 0 spiro atoms. The Labute approximate surface area is 111 Å². The summed E-state index contributed by atoms with van der Waals surface area (Å²) in [6.45, 7) is 4.23. The average molecular weight is 265 g/mol. The zero-order valence-electron chi connectivity index (χ0n) is 11.2. The summed E-state index contributed by atoms with van der Waals surface area (Å²) < 4.78 is 28.4. The molecule has 2 aromatic rings. The summed E-state index contributed by atoms with van der Waals surface area (Å²) >= 11 is 0. The summed E-state index contributed by atoms with van der Waals surface area (Å²) in [5.41, 5.74) is 2.44. The van der Waals surface area contributed by atoms with Gasteiger partial charge in [0.05, 0.1) is 6.20 Å². The van der Waals surface area contributed by atoms with E-state index >= 15 is 0 Å². The van der Waals surface area contributed by atoms with Crippen molar-refractivity contribution in [3.63, 3.8) is 0 Å². The van der Waals surface area contributed by atoms with Crippen LogP contribution in [0.4, 0.5) is 8.78 Å². The largest absolute Gasteiger partial charge is 0.306 e. The van der Waals surface area contributed by atoms with E-state index in [4.69, 9.17) is 0 Å². The van der Waals surface area contributed by atoms with Crippen LogP contribution in [0.3, 0.4) is 0 Å². The number of nitrogens with one attached hydrogen (secondary N) is 1. The third-order valence-electron chi connectivity index (χ3n) is 3.37. The second-order valence-electron chi connectivity index (χ2n) is 4.62. The lowest BCUT2D eigenvalue weighted by molar-refractivity contribution is 0.484. The van der Waals surface area contributed by atoms with E-state index < -0.39 is 11.6 Å². The molecular formula is C14H17F2N3. The Kier molecular flexibility index (Phi) is 3.95. The van der Waals surface area contributed by atoms with Gasteiger partial charge >= 0.3 is 0 Å². The van der Waals surface area contributed by atoms with Gasteiger partial charge < -0.3 is 5.32 Å². The Bertz CT molecular complexity index is 578. The lowest BCUT2D eigenvalue weighted by Gasteiger charge is -2.14. The van der Waals surface area contributed by atoms with E-state index in [-0.39, 0.29) is 12.6 Å². The lowest BCUT2D eigenvalue weighted by Crippen LogP contribution is -2.19. The predicted molar refractivity (Wildman–Crippen MR) is 69.6 cm³/mol. The first-order valence-corrected chi connectivity index (χ1v) is 6.15. The van der Waals surface area contributed by atoms with Crippen molar-refractivity contribution >= 4 is 0 Å². The summed E-state index contributed by atoms with van der Waals surface area (Å²) in [6.07, 6.45) is 1.79. The molecule has 0 amide bonds. The lowest BCUT2D eigenvalue weighted by atomic mass is 10.1. The molecule has 0 saturated carbocycles. The maximum Gasteiger partial charge on any atom is 0.163 e. The molecule has 0 aliphatic rings. The Morgan fingerprint density at radius 2 is 2.11 bits per heavy atom. The van der Waals surface area contributed by atoms with Gasteiger partial charge in [0.2, 0.25) is 0 Å². The number of benzene rings is 1. The molecule has 0 bridgehead atoms. The third-order valence-corrected chi connectivity index (χ3v) is 3.37. The molecule has 0 aliphatic heterocycles. The zero-order chi connectivity index (χ0) is 14.0. The fourth-order valence-corrected chi connectivity index (χ4v) is 2.00. The van der Waals surface area contributed by atoms with Crippen LogP contribution < -0.4 is 5.32 Å². The van der Waals surface area contributed by atoms with Gasteiger partial charge in [0, 0.05) is 36.5 Å². The fraction of sp³-hybridized carbons (Fsp3) is 0.357. The Morgan fingerprint density at radius 3 is 2.74 bits per heavy atom. The first-order chi connectivity index (χ1) is 9.00. The highest BCUT2D eigenvalue weighted by Crippen LogP contribution is 2.17. The number of halogens is 2. The molecule has 0 fully saturated rings. The van der Waals surface area contributed by atoms with Gasteiger partial charge in [-0.25, -0.2) is 8.78 Å². The summed E-state index contributed by atoms with van der Waals surface area (Å²) in [7, 11) is 1.87. The minimum Gasteiger partial charge on any atom is -0.306 e. The quantitative estimate of drug-likeness (QED) is 0.921. The Morgan fingerprint density at radius 1 is 1.37 bits per heavy atom. The van der Waals surface area contributed by atoms with Crippen LogP contribution in [0, 0.1) is 18.6 Å². The SMILES string of the molecule is Cc1c(C(C)NCc2cccc(F)c2F)cnn1C. The van der Waals surface area contributed by atoms with Gasteiger partial charge in [-0.2, -0.15) is 5.10 Å². The maximum atomic E-state index is 13.5. The number of aromatic nitrogens is 2. The number of hydrogen-bond donors (Lipinski definition) is 1. The second-order valence-corrected chi connectivity index (χ2v) is 4.62. The van der Waals surface area contributed by atoms with Crippen molar-refractivity contribution in [1.29, 1.82) is 0 Å². The minimum atomic E-state index is -0.815. The molecule has 1 atom stereocenters. The number of hydrogen-bond acceptors (Lipinski definition) is 2. The topological polar surface area (TPSA) is 29.9 Å². The summed E-state index contributed by atoms with van der Waals surface area (Å²) in [4.78, 5) is 0. The van der Waals surface area contributed by atoms with Crippen LogP contribution >= 0.6 is 0 Å². The average Bonchev–Trinajstić information content (AvgIpc) is 2.72. The van der Waals surface area contributed by atoms with Crippen LogP contribution in [0.1, 0.15) is 29.8 Å². The molecule has 0 aliphatic carbocycles. The van der Waals surface area contributed by atoms with Gasteiger partial charge in [0.1, 0.15) is 0 Å². The van der Waals surface area contributed by atoms with E-state index in [1.807, 2.05) is 20.9 Å². The van der Waals surface area contributed by atoms with Crippen molar-refractivity contribution in [3.05, 3.63) is 52.9 Å². The van der Waals surface area contributed by atoms with E-state index in [0.29, 0.717) is 5.56 Å². The van der Waals surface area contributed by atoms with E-state index in [1.54, 1.807) is 16.9 Å². The first-order valence-electron chi connectivity index (χ1n) is 6.15. The number of rotatable bonds is 4. The first kappa shape index (κ1) is 13.7. The number of aryl methyl sites for hydroxylation is 1. The van der Waals surface area contributed by atoms with Gasteiger partial charge in [0.25, 0.3) is 0 Å². The van der Waals surface area contributed by atoms with Gasteiger partial charge in [-0.15, -0.1) is 0 Å². The maximum absolute atomic E-state index is 13.5. The Balaban J connectivity index is 2.06. The van der Waals surface area contributed by atoms with Gasteiger partial charge in [-0.3, -0.25) is 4.68 Å². The van der Waals surface area contributed by atoms with Crippen molar-refractivity contribution in [2.75, 3.05) is 0 Å². The summed E-state index contributed by atoms with van der Waals surface area (Å²) in [5, 5.41) is 7.34. The van der Waals surface area contributed by atoms with E-state index in [9.17, 15) is 8.78 Å². The molecule has 3 nitrogen and oxygen atoms in total. The highest BCUT2D eigenvalue weighted by molar-refractivity contribution is 5.22. The molecule has 1 aromatic carbocycles. The van der Waals surface area contributed by atoms with Crippen LogP contribution in [-0.4, -0.2) is 9.78 Å². The Hall–Kier alpha value is -1.75. The second kappa shape index (κ2) is 5.48. The molecule has 102 valence electrons. The van der Waals surface area contributed by atoms with E-state index in [0.717, 1.165) is 17.3 Å². The molecule has 0 radical (unpaired) electrons.